The van der Waals surface area contributed by atoms with E-state index in [-0.39, 0.29) is 19.5 Å². The molecule has 3 nitrogen and oxygen atoms in total. The second-order valence-electron chi connectivity index (χ2n) is 6.07. The number of rotatable bonds is 3. The number of hydrogen-bond donors (Lipinski definition) is 1. The first-order valence-electron chi connectivity index (χ1n) is 7.64. The molecule has 132 valence electrons. The molecule has 0 saturated carbocycles. The fourth-order valence-electron chi connectivity index (χ4n) is 3.05. The summed E-state index contributed by atoms with van der Waals surface area (Å²) in [5, 5.41) is 9.45. The predicted molar refractivity (Wildman–Crippen MR) is 82.2 cm³/mol. The normalized spacial score (nSPS) is 18.0. The van der Waals surface area contributed by atoms with E-state index >= 15 is 0 Å². The molecule has 0 amide bonds. The van der Waals surface area contributed by atoms with E-state index in [1.54, 1.807) is 11.0 Å². The van der Waals surface area contributed by atoms with E-state index in [0.717, 1.165) is 17.7 Å². The highest BCUT2D eigenvalue weighted by molar-refractivity contribution is 5.74. The lowest BCUT2D eigenvalue weighted by Gasteiger charge is -2.34. The number of nitrogens with zero attached hydrogens (tertiary/aromatic N) is 1. The molecule has 2 aromatic carbocycles. The maximum Gasteiger partial charge on any atom is 0.416 e. The quantitative estimate of drug-likeness (QED) is 0.852. The minimum atomic E-state index is -4.41. The number of aliphatic carboxylic acids is 1. The summed E-state index contributed by atoms with van der Waals surface area (Å²) >= 11 is 0. The SMILES string of the molecule is O=C(O)C1Cc2ccc(F)cc2CN1Cc1ccc(C(F)(F)F)cc1. The number of carboxylic acid groups (broad SMARTS) is 1. The Hall–Kier alpha value is -2.41. The van der Waals surface area contributed by atoms with Crippen molar-refractivity contribution in [2.24, 2.45) is 0 Å². The molecule has 3 rings (SSSR count). The van der Waals surface area contributed by atoms with Crippen LogP contribution in [0.1, 0.15) is 22.3 Å². The number of halogens is 4. The minimum Gasteiger partial charge on any atom is -0.480 e. The van der Waals surface area contributed by atoms with Gasteiger partial charge in [-0.1, -0.05) is 18.2 Å². The molecule has 0 fully saturated rings. The minimum absolute atomic E-state index is 0.172. The standard InChI is InChI=1S/C18H15F4NO2/c19-15-6-3-12-8-16(17(24)25)23(10-13(12)7-15)9-11-1-4-14(5-2-11)18(20,21)22/h1-7,16H,8-10H2,(H,24,25). The number of benzene rings is 2. The van der Waals surface area contributed by atoms with Crippen LogP contribution in [0.3, 0.4) is 0 Å². The number of carbonyl (C=O) groups is 1. The second-order valence-corrected chi connectivity index (χ2v) is 6.07. The Morgan fingerprint density at radius 2 is 1.80 bits per heavy atom. The van der Waals surface area contributed by atoms with Gasteiger partial charge in [0.2, 0.25) is 0 Å². The first-order chi connectivity index (χ1) is 11.7. The fourth-order valence-corrected chi connectivity index (χ4v) is 3.05. The highest BCUT2D eigenvalue weighted by Crippen LogP contribution is 2.30. The summed E-state index contributed by atoms with van der Waals surface area (Å²) in [4.78, 5) is 13.2. The van der Waals surface area contributed by atoms with Gasteiger partial charge in [0.15, 0.2) is 0 Å². The van der Waals surface area contributed by atoms with Crippen molar-refractivity contribution in [2.45, 2.75) is 31.7 Å². The van der Waals surface area contributed by atoms with Crippen molar-refractivity contribution in [1.29, 1.82) is 0 Å². The van der Waals surface area contributed by atoms with Crippen molar-refractivity contribution >= 4 is 5.97 Å². The van der Waals surface area contributed by atoms with Gasteiger partial charge in [0, 0.05) is 13.1 Å². The molecule has 1 atom stereocenters. The van der Waals surface area contributed by atoms with Crippen LogP contribution in [0.25, 0.3) is 0 Å². The molecule has 7 heteroatoms. The maximum atomic E-state index is 13.4. The van der Waals surface area contributed by atoms with Crippen molar-refractivity contribution in [1.82, 2.24) is 4.90 Å². The van der Waals surface area contributed by atoms with Gasteiger partial charge in [-0.2, -0.15) is 13.2 Å². The zero-order chi connectivity index (χ0) is 18.2. The van der Waals surface area contributed by atoms with Crippen LogP contribution in [-0.2, 0) is 30.5 Å². The van der Waals surface area contributed by atoms with Gasteiger partial charge in [0.05, 0.1) is 5.56 Å². The van der Waals surface area contributed by atoms with Crippen LogP contribution >= 0.6 is 0 Å². The Labute approximate surface area is 141 Å². The van der Waals surface area contributed by atoms with Crippen molar-refractivity contribution in [3.8, 4) is 0 Å². The Bertz CT molecular complexity index is 787. The Balaban J connectivity index is 1.83. The Morgan fingerprint density at radius 3 is 2.40 bits per heavy atom. The topological polar surface area (TPSA) is 40.5 Å². The van der Waals surface area contributed by atoms with Crippen molar-refractivity contribution in [3.63, 3.8) is 0 Å². The van der Waals surface area contributed by atoms with Crippen LogP contribution in [0.4, 0.5) is 17.6 Å². The zero-order valence-electron chi connectivity index (χ0n) is 13.1. The van der Waals surface area contributed by atoms with Crippen LogP contribution in [0, 0.1) is 5.82 Å². The monoisotopic (exact) mass is 353 g/mol. The average Bonchev–Trinajstić information content (AvgIpc) is 2.53. The molecule has 1 heterocycles. The summed E-state index contributed by atoms with van der Waals surface area (Å²) in [5.74, 6) is -1.41. The summed E-state index contributed by atoms with van der Waals surface area (Å²) in [7, 11) is 0. The first kappa shape index (κ1) is 17.4. The Kier molecular flexibility index (Phi) is 4.51. The molecule has 25 heavy (non-hydrogen) atoms. The highest BCUT2D eigenvalue weighted by Gasteiger charge is 2.32. The lowest BCUT2D eigenvalue weighted by molar-refractivity contribution is -0.144. The fraction of sp³-hybridized carbons (Fsp3) is 0.278. The van der Waals surface area contributed by atoms with Gasteiger partial charge in [0.25, 0.3) is 0 Å². The molecular weight excluding hydrogens is 338 g/mol. The summed E-state index contributed by atoms with van der Waals surface area (Å²) in [6.45, 7) is 0.399. The first-order valence-corrected chi connectivity index (χ1v) is 7.64. The molecular formula is C18H15F4NO2. The van der Waals surface area contributed by atoms with Gasteiger partial charge in [-0.3, -0.25) is 9.69 Å². The molecule has 0 aliphatic carbocycles. The van der Waals surface area contributed by atoms with Crippen molar-refractivity contribution in [2.75, 3.05) is 0 Å². The highest BCUT2D eigenvalue weighted by atomic mass is 19.4. The summed E-state index contributed by atoms with van der Waals surface area (Å²) < 4.78 is 51.3. The van der Waals surface area contributed by atoms with Crippen LogP contribution in [-0.4, -0.2) is 22.0 Å². The summed E-state index contributed by atoms with van der Waals surface area (Å²) in [6, 6.07) is 8.06. The van der Waals surface area contributed by atoms with E-state index in [9.17, 15) is 27.5 Å². The summed E-state index contributed by atoms with van der Waals surface area (Å²) in [6.07, 6.45) is -4.19. The Morgan fingerprint density at radius 1 is 1.12 bits per heavy atom. The molecule has 2 aromatic rings. The molecule has 0 spiro atoms. The van der Waals surface area contributed by atoms with E-state index < -0.39 is 29.6 Å². The number of alkyl halides is 3. The van der Waals surface area contributed by atoms with E-state index in [2.05, 4.69) is 0 Å². The lowest BCUT2D eigenvalue weighted by Crippen LogP contribution is -2.45. The second kappa shape index (κ2) is 6.48. The predicted octanol–water partition coefficient (Wildman–Crippen LogP) is 3.86. The van der Waals surface area contributed by atoms with Crippen LogP contribution in [0.2, 0.25) is 0 Å². The van der Waals surface area contributed by atoms with Crippen molar-refractivity contribution < 1.29 is 27.5 Å². The van der Waals surface area contributed by atoms with Crippen LogP contribution in [0.15, 0.2) is 42.5 Å². The molecule has 0 bridgehead atoms. The van der Waals surface area contributed by atoms with Gasteiger partial charge < -0.3 is 5.11 Å². The van der Waals surface area contributed by atoms with E-state index in [1.165, 1.54) is 24.3 Å². The number of fused-ring (bicyclic) bond motifs is 1. The molecule has 1 aliphatic heterocycles. The lowest BCUT2D eigenvalue weighted by atomic mass is 9.93. The number of hydrogen-bond acceptors (Lipinski definition) is 2. The molecule has 1 unspecified atom stereocenters. The zero-order valence-corrected chi connectivity index (χ0v) is 13.1. The average molecular weight is 353 g/mol. The van der Waals surface area contributed by atoms with E-state index in [1.807, 2.05) is 0 Å². The molecule has 1 N–H and O–H groups in total. The third-order valence-electron chi connectivity index (χ3n) is 4.35. The van der Waals surface area contributed by atoms with Gasteiger partial charge in [-0.25, -0.2) is 4.39 Å². The van der Waals surface area contributed by atoms with E-state index in [4.69, 9.17) is 0 Å². The van der Waals surface area contributed by atoms with Crippen LogP contribution in [0.5, 0.6) is 0 Å². The van der Waals surface area contributed by atoms with Crippen molar-refractivity contribution in [3.05, 3.63) is 70.5 Å². The van der Waals surface area contributed by atoms with Crippen LogP contribution < -0.4 is 0 Å². The van der Waals surface area contributed by atoms with Gasteiger partial charge in [-0.15, -0.1) is 0 Å². The van der Waals surface area contributed by atoms with Gasteiger partial charge in [0.1, 0.15) is 11.9 Å². The summed E-state index contributed by atoms with van der Waals surface area (Å²) in [5.41, 5.74) is 1.29. The number of carboxylic acids is 1. The molecule has 1 aliphatic rings. The smallest absolute Gasteiger partial charge is 0.416 e. The maximum absolute atomic E-state index is 13.4. The third-order valence-corrected chi connectivity index (χ3v) is 4.35. The largest absolute Gasteiger partial charge is 0.480 e. The molecule has 0 saturated heterocycles. The van der Waals surface area contributed by atoms with Gasteiger partial charge >= 0.3 is 12.1 Å². The third kappa shape index (κ3) is 3.82. The molecule has 0 aromatic heterocycles. The van der Waals surface area contributed by atoms with Gasteiger partial charge in [-0.05, 0) is 47.4 Å². The van der Waals surface area contributed by atoms with E-state index in [0.29, 0.717) is 11.1 Å². The molecule has 0 radical (unpaired) electrons.